The number of anilines is 2. The molecule has 27 heavy (non-hydrogen) atoms. The van der Waals surface area contributed by atoms with E-state index < -0.39 is 17.4 Å². The van der Waals surface area contributed by atoms with Crippen LogP contribution in [0.1, 0.15) is 37.8 Å². The number of unbranched alkanes of at least 4 members (excludes halogenated alkanes) is 1. The fourth-order valence-corrected chi connectivity index (χ4v) is 3.02. The molecule has 0 saturated heterocycles. The van der Waals surface area contributed by atoms with Crippen LogP contribution in [-0.4, -0.2) is 28.9 Å². The van der Waals surface area contributed by atoms with Gasteiger partial charge in [0, 0.05) is 18.4 Å². The normalized spacial score (nSPS) is 18.7. The van der Waals surface area contributed by atoms with Gasteiger partial charge in [-0.2, -0.15) is 0 Å². The van der Waals surface area contributed by atoms with E-state index >= 15 is 0 Å². The number of rotatable bonds is 5. The number of nitrogens with zero attached hydrogens (tertiary/aromatic N) is 2. The molecule has 0 radical (unpaired) electrons. The summed E-state index contributed by atoms with van der Waals surface area (Å²) in [6, 6.07) is 9.10. The Morgan fingerprint density at radius 1 is 1.26 bits per heavy atom. The van der Waals surface area contributed by atoms with Crippen LogP contribution in [0.4, 0.5) is 11.5 Å². The van der Waals surface area contributed by atoms with E-state index in [9.17, 15) is 9.59 Å². The lowest BCUT2D eigenvalue weighted by atomic mass is 10.00. The van der Waals surface area contributed by atoms with Crippen molar-refractivity contribution in [1.29, 1.82) is 0 Å². The van der Waals surface area contributed by atoms with E-state index in [-0.39, 0.29) is 0 Å². The minimum atomic E-state index is -1.65. The molecule has 0 fully saturated rings. The molecule has 1 aromatic carbocycles. The number of ether oxygens (including phenoxy) is 1. The molecular formula is C21H25N3O3. The van der Waals surface area contributed by atoms with Gasteiger partial charge in [0.2, 0.25) is 0 Å². The van der Waals surface area contributed by atoms with E-state index in [2.05, 4.69) is 17.2 Å². The van der Waals surface area contributed by atoms with E-state index in [1.54, 1.807) is 23.2 Å². The zero-order valence-corrected chi connectivity index (χ0v) is 16.2. The Balaban J connectivity index is 1.92. The Hall–Kier alpha value is -2.89. The number of fused-ring (bicyclic) bond motifs is 1. The highest BCUT2D eigenvalue weighted by Crippen LogP contribution is 2.36. The molecule has 0 aliphatic carbocycles. The van der Waals surface area contributed by atoms with Crippen molar-refractivity contribution >= 4 is 23.3 Å². The van der Waals surface area contributed by atoms with Crippen LogP contribution in [0.25, 0.3) is 0 Å². The van der Waals surface area contributed by atoms with Crippen molar-refractivity contribution in [2.75, 3.05) is 16.8 Å². The highest BCUT2D eigenvalue weighted by molar-refractivity contribution is 6.19. The van der Waals surface area contributed by atoms with Crippen LogP contribution in [-0.2, 0) is 9.59 Å². The van der Waals surface area contributed by atoms with Crippen molar-refractivity contribution in [2.45, 2.75) is 46.1 Å². The molecule has 1 aromatic heterocycles. The third-order valence-corrected chi connectivity index (χ3v) is 4.91. The molecule has 1 aliphatic heterocycles. The molecule has 0 saturated carbocycles. The predicted molar refractivity (Wildman–Crippen MR) is 105 cm³/mol. The molecule has 2 heterocycles. The van der Waals surface area contributed by atoms with E-state index in [1.165, 1.54) is 6.92 Å². The molecule has 6 nitrogen and oxygen atoms in total. The van der Waals surface area contributed by atoms with Gasteiger partial charge in [-0.05, 0) is 62.6 Å². The van der Waals surface area contributed by atoms with Crippen LogP contribution in [0.15, 0.2) is 36.5 Å². The number of hydrogen-bond donors (Lipinski definition) is 1. The summed E-state index contributed by atoms with van der Waals surface area (Å²) in [6.45, 7) is 8.04. The fourth-order valence-electron chi connectivity index (χ4n) is 3.02. The fraction of sp³-hybridized carbons (Fsp3) is 0.381. The van der Waals surface area contributed by atoms with Crippen LogP contribution in [0.3, 0.4) is 0 Å². The Labute approximate surface area is 159 Å². The Bertz CT molecular complexity index is 881. The van der Waals surface area contributed by atoms with Crippen LogP contribution >= 0.6 is 0 Å². The number of pyridine rings is 1. The number of aryl methyl sites for hydroxylation is 2. The monoisotopic (exact) mass is 367 g/mol. The Kier molecular flexibility index (Phi) is 5.17. The first-order valence-electron chi connectivity index (χ1n) is 9.21. The van der Waals surface area contributed by atoms with Crippen molar-refractivity contribution in [3.05, 3.63) is 47.7 Å². The van der Waals surface area contributed by atoms with Gasteiger partial charge in [0.1, 0.15) is 0 Å². The lowest BCUT2D eigenvalue weighted by molar-refractivity contribution is -0.145. The number of aromatic nitrogens is 1. The molecule has 1 atom stereocenters. The Morgan fingerprint density at radius 3 is 2.74 bits per heavy atom. The highest BCUT2D eigenvalue weighted by atomic mass is 16.5. The molecular weight excluding hydrogens is 342 g/mol. The van der Waals surface area contributed by atoms with E-state index in [0.717, 1.165) is 24.0 Å². The van der Waals surface area contributed by atoms with Gasteiger partial charge in [-0.25, -0.2) is 4.98 Å². The SMILES string of the molecule is CCCCN1C(=O)[C@](C)(C(=O)Nc2ccc(C)c(C)c2)Oc2cccnc21. The first-order chi connectivity index (χ1) is 12.9. The van der Waals surface area contributed by atoms with Gasteiger partial charge in [-0.15, -0.1) is 0 Å². The third kappa shape index (κ3) is 3.52. The van der Waals surface area contributed by atoms with Gasteiger partial charge in [0.25, 0.3) is 17.4 Å². The molecule has 0 unspecified atom stereocenters. The van der Waals surface area contributed by atoms with Crippen molar-refractivity contribution in [3.8, 4) is 5.75 Å². The quantitative estimate of drug-likeness (QED) is 0.820. The first kappa shape index (κ1) is 18.9. The number of carbonyl (C=O) groups excluding carboxylic acids is 2. The van der Waals surface area contributed by atoms with E-state index in [1.807, 2.05) is 32.0 Å². The zero-order valence-electron chi connectivity index (χ0n) is 16.2. The molecule has 2 amide bonds. The van der Waals surface area contributed by atoms with Crippen LogP contribution < -0.4 is 15.0 Å². The number of amides is 2. The summed E-state index contributed by atoms with van der Waals surface area (Å²) in [4.78, 5) is 32.0. The number of hydrogen-bond acceptors (Lipinski definition) is 4. The Morgan fingerprint density at radius 2 is 2.04 bits per heavy atom. The maximum absolute atomic E-state index is 13.2. The molecule has 142 valence electrons. The largest absolute Gasteiger partial charge is 0.464 e. The zero-order chi connectivity index (χ0) is 19.6. The minimum absolute atomic E-state index is 0.400. The average molecular weight is 367 g/mol. The van der Waals surface area contributed by atoms with Crippen molar-refractivity contribution in [1.82, 2.24) is 4.98 Å². The summed E-state index contributed by atoms with van der Waals surface area (Å²) < 4.78 is 5.86. The maximum Gasteiger partial charge on any atom is 0.282 e. The van der Waals surface area contributed by atoms with E-state index in [4.69, 9.17) is 4.74 Å². The van der Waals surface area contributed by atoms with Gasteiger partial charge in [0.15, 0.2) is 11.6 Å². The summed E-state index contributed by atoms with van der Waals surface area (Å²) in [5, 5.41) is 2.83. The molecule has 0 spiro atoms. The second-order valence-corrected chi connectivity index (χ2v) is 7.02. The van der Waals surface area contributed by atoms with Crippen molar-refractivity contribution in [2.24, 2.45) is 0 Å². The van der Waals surface area contributed by atoms with Crippen molar-refractivity contribution < 1.29 is 14.3 Å². The summed E-state index contributed by atoms with van der Waals surface area (Å²) in [7, 11) is 0. The van der Waals surface area contributed by atoms with Crippen LogP contribution in [0.2, 0.25) is 0 Å². The minimum Gasteiger partial charge on any atom is -0.464 e. The standard InChI is InChI=1S/C21H25N3O3/c1-5-6-12-24-18-17(8-7-11-22-18)27-21(4,20(24)26)19(25)23-16-10-9-14(2)15(3)13-16/h7-11,13H,5-6,12H2,1-4H3,(H,23,25)/t21-/m0/s1. The number of nitrogens with one attached hydrogen (secondary N) is 1. The molecule has 1 N–H and O–H groups in total. The topological polar surface area (TPSA) is 71.5 Å². The van der Waals surface area contributed by atoms with E-state index in [0.29, 0.717) is 23.8 Å². The third-order valence-electron chi connectivity index (χ3n) is 4.91. The molecule has 1 aliphatic rings. The lowest BCUT2D eigenvalue weighted by Crippen LogP contribution is -2.61. The van der Waals surface area contributed by atoms with Gasteiger partial charge >= 0.3 is 0 Å². The van der Waals surface area contributed by atoms with Gasteiger partial charge in [-0.1, -0.05) is 19.4 Å². The summed E-state index contributed by atoms with van der Waals surface area (Å²) in [6.07, 6.45) is 3.36. The average Bonchev–Trinajstić information content (AvgIpc) is 2.65. The smallest absolute Gasteiger partial charge is 0.282 e. The molecule has 2 aromatic rings. The lowest BCUT2D eigenvalue weighted by Gasteiger charge is -2.38. The predicted octanol–water partition coefficient (Wildman–Crippen LogP) is 3.62. The summed E-state index contributed by atoms with van der Waals surface area (Å²) >= 11 is 0. The summed E-state index contributed by atoms with van der Waals surface area (Å²) in [5.41, 5.74) is 1.18. The van der Waals surface area contributed by atoms with Gasteiger partial charge in [0.05, 0.1) is 0 Å². The molecule has 0 bridgehead atoms. The van der Waals surface area contributed by atoms with Gasteiger partial charge in [-0.3, -0.25) is 14.5 Å². The van der Waals surface area contributed by atoms with Gasteiger partial charge < -0.3 is 10.1 Å². The van der Waals surface area contributed by atoms with Crippen molar-refractivity contribution in [3.63, 3.8) is 0 Å². The first-order valence-corrected chi connectivity index (χ1v) is 9.21. The maximum atomic E-state index is 13.2. The molecule has 3 rings (SSSR count). The second-order valence-electron chi connectivity index (χ2n) is 7.02. The number of carbonyl (C=O) groups is 2. The summed E-state index contributed by atoms with van der Waals surface area (Å²) in [5.74, 6) is 0.00795. The van der Waals surface area contributed by atoms with Crippen LogP contribution in [0.5, 0.6) is 5.75 Å². The highest BCUT2D eigenvalue weighted by Gasteiger charge is 2.51. The number of benzene rings is 1. The molecule has 6 heteroatoms. The van der Waals surface area contributed by atoms with Crippen LogP contribution in [0, 0.1) is 13.8 Å². The second kappa shape index (κ2) is 7.39.